The molecule has 4 rings (SSSR count). The number of unbranched alkanes of at least 4 members (excludes halogenated alkanes) is 1. The first kappa shape index (κ1) is 31.4. The second kappa shape index (κ2) is 14.6. The van der Waals surface area contributed by atoms with Crippen LogP contribution < -0.4 is 9.64 Å². The molecule has 5 atom stereocenters. The van der Waals surface area contributed by atoms with E-state index in [1.54, 1.807) is 18.7 Å². The van der Waals surface area contributed by atoms with E-state index in [0.29, 0.717) is 12.5 Å². The molecule has 0 aromatic heterocycles. The largest absolute Gasteiger partial charge is 0.491 e. The number of aryl methyl sites for hydroxylation is 1. The van der Waals surface area contributed by atoms with Crippen LogP contribution in [0.1, 0.15) is 81.6 Å². The van der Waals surface area contributed by atoms with Crippen LogP contribution >= 0.6 is 11.6 Å². The SMILES string of the molecule is CCCc1cc(Cl)ccc1C1COc2ccc(C(C)O)cc2N(CC2CCC2C(O)/C=C\CCCN(C)C(C)=O)C1. The summed E-state index contributed by atoms with van der Waals surface area (Å²) in [7, 11) is 1.82. The molecule has 0 spiro atoms. The number of anilines is 1. The highest BCUT2D eigenvalue weighted by atomic mass is 35.5. The summed E-state index contributed by atoms with van der Waals surface area (Å²) in [5, 5.41) is 22.1. The molecule has 2 N–H and O–H groups in total. The highest BCUT2D eigenvalue weighted by molar-refractivity contribution is 6.30. The van der Waals surface area contributed by atoms with Crippen molar-refractivity contribution in [2.75, 3.05) is 38.2 Å². The number of amides is 1. The Morgan fingerprint density at radius 2 is 2.02 bits per heavy atom. The Morgan fingerprint density at radius 1 is 1.22 bits per heavy atom. The molecule has 1 saturated carbocycles. The number of hydrogen-bond acceptors (Lipinski definition) is 5. The molecule has 0 radical (unpaired) electrons. The molecule has 1 amide bonds. The number of nitrogens with zero attached hydrogens (tertiary/aromatic N) is 2. The molecule has 0 saturated heterocycles. The summed E-state index contributed by atoms with van der Waals surface area (Å²) in [6.07, 6.45) is 8.80. The molecule has 5 unspecified atom stereocenters. The van der Waals surface area contributed by atoms with Crippen LogP contribution in [0.5, 0.6) is 5.75 Å². The average Bonchev–Trinajstić information content (AvgIpc) is 3.10. The van der Waals surface area contributed by atoms with Crippen LogP contribution in [0.15, 0.2) is 48.6 Å². The number of aliphatic hydroxyl groups excluding tert-OH is 2. The third-order valence-corrected chi connectivity index (χ3v) is 9.09. The van der Waals surface area contributed by atoms with E-state index in [2.05, 4.69) is 36.1 Å². The number of fused-ring (bicyclic) bond motifs is 1. The minimum absolute atomic E-state index is 0.0762. The van der Waals surface area contributed by atoms with E-state index in [1.807, 2.05) is 31.3 Å². The first-order valence-electron chi connectivity index (χ1n) is 15.2. The zero-order chi connectivity index (χ0) is 29.5. The number of hydrogen-bond donors (Lipinski definition) is 2. The van der Waals surface area contributed by atoms with Gasteiger partial charge in [-0.1, -0.05) is 49.2 Å². The highest BCUT2D eigenvalue weighted by Crippen LogP contribution is 2.43. The van der Waals surface area contributed by atoms with Gasteiger partial charge in [-0.3, -0.25) is 4.79 Å². The van der Waals surface area contributed by atoms with Crippen LogP contribution in [0.4, 0.5) is 5.69 Å². The summed E-state index contributed by atoms with van der Waals surface area (Å²) in [6.45, 7) is 8.49. The zero-order valence-electron chi connectivity index (χ0n) is 25.1. The summed E-state index contributed by atoms with van der Waals surface area (Å²) >= 11 is 6.38. The van der Waals surface area contributed by atoms with Gasteiger partial charge in [0.15, 0.2) is 0 Å². The van der Waals surface area contributed by atoms with E-state index in [9.17, 15) is 15.0 Å². The molecule has 6 nitrogen and oxygen atoms in total. The fourth-order valence-electron chi connectivity index (χ4n) is 6.13. The van der Waals surface area contributed by atoms with Gasteiger partial charge in [0.25, 0.3) is 0 Å². The van der Waals surface area contributed by atoms with E-state index >= 15 is 0 Å². The normalized spacial score (nSPS) is 21.9. The summed E-state index contributed by atoms with van der Waals surface area (Å²) in [6, 6.07) is 12.2. The van der Waals surface area contributed by atoms with Crippen LogP contribution in [-0.2, 0) is 11.2 Å². The van der Waals surface area contributed by atoms with Crippen LogP contribution in [0.25, 0.3) is 0 Å². The van der Waals surface area contributed by atoms with E-state index in [0.717, 1.165) is 80.2 Å². The smallest absolute Gasteiger partial charge is 0.219 e. The monoisotopic (exact) mass is 582 g/mol. The minimum atomic E-state index is -0.563. The van der Waals surface area contributed by atoms with Crippen molar-refractivity contribution in [3.8, 4) is 5.75 Å². The number of halogens is 1. The van der Waals surface area contributed by atoms with Gasteiger partial charge in [-0.25, -0.2) is 0 Å². The van der Waals surface area contributed by atoms with Gasteiger partial charge in [0, 0.05) is 44.5 Å². The van der Waals surface area contributed by atoms with Crippen molar-refractivity contribution in [1.82, 2.24) is 4.90 Å². The maximum Gasteiger partial charge on any atom is 0.219 e. The lowest BCUT2D eigenvalue weighted by Gasteiger charge is -2.42. The fraction of sp³-hybridized carbons (Fsp3) is 0.559. The third-order valence-electron chi connectivity index (χ3n) is 8.86. The lowest BCUT2D eigenvalue weighted by Crippen LogP contribution is -2.44. The van der Waals surface area contributed by atoms with Gasteiger partial charge in [0.2, 0.25) is 5.91 Å². The van der Waals surface area contributed by atoms with E-state index < -0.39 is 12.2 Å². The maximum absolute atomic E-state index is 11.4. The molecule has 224 valence electrons. The predicted octanol–water partition coefficient (Wildman–Crippen LogP) is 6.53. The number of allylic oxidation sites excluding steroid dienone is 1. The second-order valence-electron chi connectivity index (χ2n) is 11.9. The van der Waals surface area contributed by atoms with E-state index in [1.165, 1.54) is 11.1 Å². The number of carbonyl (C=O) groups is 1. The van der Waals surface area contributed by atoms with E-state index in [-0.39, 0.29) is 17.7 Å². The molecule has 1 heterocycles. The molecule has 0 bridgehead atoms. The summed E-state index contributed by atoms with van der Waals surface area (Å²) in [4.78, 5) is 15.5. The Morgan fingerprint density at radius 3 is 2.71 bits per heavy atom. The molecule has 2 aromatic carbocycles. The molecule has 41 heavy (non-hydrogen) atoms. The lowest BCUT2D eigenvalue weighted by molar-refractivity contribution is -0.127. The fourth-order valence-corrected chi connectivity index (χ4v) is 6.32. The van der Waals surface area contributed by atoms with Gasteiger partial charge in [-0.05, 0) is 91.8 Å². The Hall–Kier alpha value is -2.54. The molecule has 1 aliphatic heterocycles. The van der Waals surface area contributed by atoms with Crippen LogP contribution in [-0.4, -0.2) is 60.4 Å². The molecule has 2 aliphatic rings. The Kier molecular flexibility index (Phi) is 11.2. The zero-order valence-corrected chi connectivity index (χ0v) is 25.8. The number of benzene rings is 2. The van der Waals surface area contributed by atoms with Crippen molar-refractivity contribution in [1.29, 1.82) is 0 Å². The Bertz CT molecular complexity index is 1200. The number of rotatable bonds is 12. The number of ether oxygens (including phenoxy) is 1. The minimum Gasteiger partial charge on any atom is -0.491 e. The van der Waals surface area contributed by atoms with Crippen molar-refractivity contribution < 1.29 is 19.7 Å². The second-order valence-corrected chi connectivity index (χ2v) is 12.3. The molecular weight excluding hydrogens is 536 g/mol. The van der Waals surface area contributed by atoms with Gasteiger partial charge in [0.05, 0.1) is 24.5 Å². The van der Waals surface area contributed by atoms with Crippen molar-refractivity contribution in [3.63, 3.8) is 0 Å². The van der Waals surface area contributed by atoms with Gasteiger partial charge >= 0.3 is 0 Å². The Balaban J connectivity index is 1.50. The standard InChI is InChI=1S/C34H47ClN2O4/c1-5-9-26-18-29(35)13-15-30(26)28-21-37(32-19-25(23(2)38)12-16-34(32)41-22-28)20-27-11-14-31(27)33(40)10-7-6-8-17-36(4)24(3)39/h7,10,12-13,15-16,18-19,23,27-28,31,33,38,40H,5-6,8-9,11,14,17,20-22H2,1-4H3/b10-7-. The van der Waals surface area contributed by atoms with Gasteiger partial charge < -0.3 is 24.7 Å². The van der Waals surface area contributed by atoms with Crippen LogP contribution in [0.3, 0.4) is 0 Å². The van der Waals surface area contributed by atoms with Gasteiger partial charge in [0.1, 0.15) is 5.75 Å². The van der Waals surface area contributed by atoms with Gasteiger partial charge in [-0.2, -0.15) is 0 Å². The van der Waals surface area contributed by atoms with Crippen molar-refractivity contribution >= 4 is 23.2 Å². The topological polar surface area (TPSA) is 73.2 Å². The Labute approximate surface area is 251 Å². The molecule has 1 fully saturated rings. The quantitative estimate of drug-likeness (QED) is 0.220. The molecule has 1 aliphatic carbocycles. The van der Waals surface area contributed by atoms with Gasteiger partial charge in [-0.15, -0.1) is 0 Å². The first-order chi connectivity index (χ1) is 19.7. The van der Waals surface area contributed by atoms with E-state index in [4.69, 9.17) is 16.3 Å². The first-order valence-corrected chi connectivity index (χ1v) is 15.6. The maximum atomic E-state index is 11.4. The summed E-state index contributed by atoms with van der Waals surface area (Å²) < 4.78 is 6.42. The average molecular weight is 583 g/mol. The highest BCUT2D eigenvalue weighted by Gasteiger charge is 2.38. The van der Waals surface area contributed by atoms with Crippen LogP contribution in [0.2, 0.25) is 5.02 Å². The molecular formula is C34H47ClN2O4. The van der Waals surface area contributed by atoms with Crippen LogP contribution in [0, 0.1) is 11.8 Å². The predicted molar refractivity (Wildman–Crippen MR) is 167 cm³/mol. The van der Waals surface area contributed by atoms with Crippen molar-refractivity contribution in [2.24, 2.45) is 11.8 Å². The van der Waals surface area contributed by atoms with Crippen molar-refractivity contribution in [2.45, 2.75) is 77.4 Å². The third kappa shape index (κ3) is 8.06. The molecule has 7 heteroatoms. The lowest BCUT2D eigenvalue weighted by atomic mass is 9.70. The number of aliphatic hydroxyl groups is 2. The van der Waals surface area contributed by atoms with Crippen molar-refractivity contribution in [3.05, 3.63) is 70.3 Å². The molecule has 2 aromatic rings. The summed E-state index contributed by atoms with van der Waals surface area (Å²) in [5.41, 5.74) is 4.45. The number of carbonyl (C=O) groups excluding carboxylic acids is 1. The summed E-state index contributed by atoms with van der Waals surface area (Å²) in [5.74, 6) is 1.67.